The van der Waals surface area contributed by atoms with Gasteiger partial charge in [-0.3, -0.25) is 14.4 Å². The molecule has 0 amide bonds. The van der Waals surface area contributed by atoms with Gasteiger partial charge in [-0.25, -0.2) is 8.78 Å². The predicted octanol–water partition coefficient (Wildman–Crippen LogP) is 2.95. The number of hydrogen-bond acceptors (Lipinski definition) is 6. The zero-order valence-electron chi connectivity index (χ0n) is 24.4. The summed E-state index contributed by atoms with van der Waals surface area (Å²) in [6, 6.07) is 0. The predicted molar refractivity (Wildman–Crippen MR) is 114 cm³/mol. The molecule has 3 fully saturated rings. The lowest BCUT2D eigenvalue weighted by atomic mass is 9.44. The molecule has 2 N–H and O–H groups in total. The molecule has 6 nitrogen and oxygen atoms in total. The van der Waals surface area contributed by atoms with Crippen molar-refractivity contribution in [3.05, 3.63) is 23.8 Å². The summed E-state index contributed by atoms with van der Waals surface area (Å²) in [5.41, 5.74) is -8.09. The van der Waals surface area contributed by atoms with Crippen molar-refractivity contribution in [1.29, 1.82) is 0 Å². The molecule has 0 aromatic carbocycles. The van der Waals surface area contributed by atoms with E-state index in [1.165, 1.54) is 19.9 Å². The Kier molecular flexibility index (Phi) is 4.14. The largest absolute Gasteiger partial charge is 0.450 e. The normalized spacial score (nSPS) is 50.6. The third-order valence-corrected chi connectivity index (χ3v) is 8.81. The lowest BCUT2D eigenvalue weighted by Gasteiger charge is -2.63. The van der Waals surface area contributed by atoms with Gasteiger partial charge in [0, 0.05) is 31.4 Å². The van der Waals surface area contributed by atoms with Crippen LogP contribution in [0.5, 0.6) is 0 Å². The van der Waals surface area contributed by atoms with E-state index in [0.717, 1.165) is 12.2 Å². The van der Waals surface area contributed by atoms with Gasteiger partial charge in [-0.1, -0.05) is 19.9 Å². The second kappa shape index (κ2) is 7.80. The van der Waals surface area contributed by atoms with Crippen molar-refractivity contribution in [3.8, 4) is 0 Å². The van der Waals surface area contributed by atoms with Crippen molar-refractivity contribution in [3.63, 3.8) is 0 Å². The number of aliphatic hydroxyl groups excluding tert-OH is 2. The highest BCUT2D eigenvalue weighted by atomic mass is 19.1. The number of allylic oxidation sites excluding steroid dienone is 4. The molecule has 0 aromatic rings. The molecular weight excluding hydrogens is 434 g/mol. The maximum Gasteiger partial charge on any atom is 0.306 e. The zero-order valence-corrected chi connectivity index (χ0v) is 18.4. The van der Waals surface area contributed by atoms with E-state index in [4.69, 9.17) is 13.0 Å². The lowest BCUT2D eigenvalue weighted by Crippen LogP contribution is -2.70. The molecule has 0 aromatic heterocycles. The minimum absolute atomic E-state index is 0.00208. The second-order valence-electron chi connectivity index (χ2n) is 10.0. The van der Waals surface area contributed by atoms with E-state index >= 15 is 8.78 Å². The number of hydrogen-bond donors (Lipinski definition) is 2. The lowest BCUT2D eigenvalue weighted by molar-refractivity contribution is -0.229. The van der Waals surface area contributed by atoms with Gasteiger partial charge in [-0.05, 0) is 62.6 Å². The number of halogens is 2. The molecule has 33 heavy (non-hydrogen) atoms. The number of carbonyl (C=O) groups excluding carboxylic acids is 3. The van der Waals surface area contributed by atoms with Gasteiger partial charge in [0.25, 0.3) is 0 Å². The summed E-state index contributed by atoms with van der Waals surface area (Å²) in [6.45, 7) is -1.69. The highest BCUT2D eigenvalue weighted by Gasteiger charge is 2.76. The average Bonchev–Trinajstić information content (AvgIpc) is 3.12. The summed E-state index contributed by atoms with van der Waals surface area (Å²) in [6.07, 6.45) is -7.35. The standard InChI is InChI=1S/C25H32F2O6/c1-4-5-21(32)33-24(20(31)13-28)9-7-15-16-11-18(26)17-10-14(29)6-8-22(17,2)25(16,27)19(30)12-23(15,24)3/h6,8,10,15-16,18-19,28,30H,4-5,7,9,11-13H2,1-3H3/t15-,16-,18-,19-,22-,23-,24-,25-/m0/s1/i1D3,4D2,5D/t5?,15-,16-,18-,19-,22-,23-,24-,25-. The molecule has 4 aliphatic rings. The van der Waals surface area contributed by atoms with E-state index in [1.807, 2.05) is 0 Å². The Morgan fingerprint density at radius 2 is 2.09 bits per heavy atom. The quantitative estimate of drug-likeness (QED) is 0.597. The van der Waals surface area contributed by atoms with E-state index < -0.39 is 103 Å². The first kappa shape index (κ1) is 17.5. The zero-order chi connectivity index (χ0) is 29.6. The van der Waals surface area contributed by atoms with E-state index in [2.05, 4.69) is 0 Å². The van der Waals surface area contributed by atoms with Crippen molar-refractivity contribution in [2.45, 2.75) is 82.7 Å². The maximum absolute atomic E-state index is 17.2. The van der Waals surface area contributed by atoms with Crippen LogP contribution in [0.25, 0.3) is 0 Å². The Balaban J connectivity index is 1.78. The molecule has 182 valence electrons. The summed E-state index contributed by atoms with van der Waals surface area (Å²) in [4.78, 5) is 38.2. The number of ketones is 2. The Bertz CT molecular complexity index is 1160. The van der Waals surface area contributed by atoms with E-state index in [-0.39, 0.29) is 18.4 Å². The van der Waals surface area contributed by atoms with Gasteiger partial charge in [0.05, 0.1) is 6.10 Å². The van der Waals surface area contributed by atoms with Crippen molar-refractivity contribution in [1.82, 2.24) is 0 Å². The monoisotopic (exact) mass is 472 g/mol. The fourth-order valence-corrected chi connectivity index (χ4v) is 7.26. The van der Waals surface area contributed by atoms with Gasteiger partial charge in [-0.2, -0.15) is 0 Å². The van der Waals surface area contributed by atoms with Crippen LogP contribution in [0.2, 0.25) is 0 Å². The Labute approximate surface area is 200 Å². The summed E-state index contributed by atoms with van der Waals surface area (Å²) >= 11 is 0. The fourth-order valence-electron chi connectivity index (χ4n) is 7.26. The molecule has 0 heterocycles. The number of alkyl halides is 2. The first-order valence-corrected chi connectivity index (χ1v) is 11.0. The molecular formula is C25H32F2O6. The van der Waals surface area contributed by atoms with Crippen LogP contribution in [0.3, 0.4) is 0 Å². The molecule has 8 heteroatoms. The smallest absolute Gasteiger partial charge is 0.306 e. The van der Waals surface area contributed by atoms with Crippen LogP contribution in [0.4, 0.5) is 8.78 Å². The molecule has 0 radical (unpaired) electrons. The number of esters is 1. The Morgan fingerprint density at radius 1 is 1.36 bits per heavy atom. The van der Waals surface area contributed by atoms with Crippen LogP contribution in [0, 0.1) is 22.7 Å². The van der Waals surface area contributed by atoms with Crippen LogP contribution < -0.4 is 0 Å². The third kappa shape index (κ3) is 2.99. The summed E-state index contributed by atoms with van der Waals surface area (Å²) in [5, 5.41) is 21.2. The number of ether oxygens (including phenoxy) is 1. The van der Waals surface area contributed by atoms with Gasteiger partial charge < -0.3 is 14.9 Å². The average molecular weight is 473 g/mol. The molecule has 0 saturated heterocycles. The number of carbonyl (C=O) groups is 3. The maximum atomic E-state index is 17.2. The van der Waals surface area contributed by atoms with Crippen LogP contribution in [0.1, 0.15) is 67.4 Å². The number of rotatable bonds is 5. The van der Waals surface area contributed by atoms with Crippen LogP contribution >= 0.6 is 0 Å². The van der Waals surface area contributed by atoms with Crippen molar-refractivity contribution < 1.29 is 46.3 Å². The number of fused-ring (bicyclic) bond motifs is 5. The number of aliphatic hydroxyl groups is 2. The van der Waals surface area contributed by atoms with Gasteiger partial charge in [0.2, 0.25) is 5.78 Å². The van der Waals surface area contributed by atoms with Crippen LogP contribution in [-0.2, 0) is 19.1 Å². The summed E-state index contributed by atoms with van der Waals surface area (Å²) in [7, 11) is 0. The Hall–Kier alpha value is -1.93. The van der Waals surface area contributed by atoms with Gasteiger partial charge in [-0.15, -0.1) is 0 Å². The molecule has 4 aliphatic carbocycles. The Morgan fingerprint density at radius 3 is 2.76 bits per heavy atom. The molecule has 4 rings (SSSR count). The van der Waals surface area contributed by atoms with E-state index in [9.17, 15) is 24.6 Å². The van der Waals surface area contributed by atoms with Gasteiger partial charge in [0.15, 0.2) is 17.1 Å². The second-order valence-corrected chi connectivity index (χ2v) is 10.0. The first-order chi connectivity index (χ1) is 17.7. The molecule has 0 aliphatic heterocycles. The summed E-state index contributed by atoms with van der Waals surface area (Å²) in [5.74, 6) is -5.30. The molecule has 1 unspecified atom stereocenters. The highest BCUT2D eigenvalue weighted by Crippen LogP contribution is 2.70. The van der Waals surface area contributed by atoms with Crippen molar-refractivity contribution in [2.24, 2.45) is 22.7 Å². The fraction of sp³-hybridized carbons (Fsp3) is 0.720. The van der Waals surface area contributed by atoms with E-state index in [1.54, 1.807) is 0 Å². The highest BCUT2D eigenvalue weighted by molar-refractivity contribution is 6.01. The summed E-state index contributed by atoms with van der Waals surface area (Å²) < 4.78 is 83.9. The van der Waals surface area contributed by atoms with E-state index in [0.29, 0.717) is 0 Å². The minimum Gasteiger partial charge on any atom is -0.450 e. The topological polar surface area (TPSA) is 101 Å². The first-order valence-electron chi connectivity index (χ1n) is 14.1. The van der Waals surface area contributed by atoms with Crippen molar-refractivity contribution >= 4 is 17.5 Å². The van der Waals surface area contributed by atoms with Crippen LogP contribution in [-0.4, -0.2) is 57.9 Å². The third-order valence-electron chi connectivity index (χ3n) is 8.81. The van der Waals surface area contributed by atoms with Crippen molar-refractivity contribution in [2.75, 3.05) is 6.61 Å². The SMILES string of the molecule is [2H]C(C(=O)O[C@]1(C(=O)CO)CC[C@H]2[C@@H]3C[C@H](F)C4=CC(=O)C=C[C@]4(C)[C@@]3(F)[C@@H](O)C[C@@]21C)C([2H])([2H])C([2H])([2H])[2H]. The van der Waals surface area contributed by atoms with Crippen LogP contribution in [0.15, 0.2) is 23.8 Å². The van der Waals surface area contributed by atoms with Gasteiger partial charge in [0.1, 0.15) is 12.8 Å². The molecule has 3 saturated carbocycles. The minimum atomic E-state index is -3.38. The molecule has 0 spiro atoms. The number of Topliss-reactive ketones (excluding diaryl/α,β-unsaturated/α-hetero) is 1. The molecule has 0 bridgehead atoms. The van der Waals surface area contributed by atoms with Gasteiger partial charge >= 0.3 is 5.97 Å². The molecule has 9 atom stereocenters.